The molecule has 38 heavy (non-hydrogen) atoms. The van der Waals surface area contributed by atoms with E-state index in [2.05, 4.69) is 26.3 Å². The second-order valence-corrected chi connectivity index (χ2v) is 10.1. The zero-order chi connectivity index (χ0) is 25.5. The van der Waals surface area contributed by atoms with Crippen molar-refractivity contribution in [3.63, 3.8) is 0 Å². The Morgan fingerprint density at radius 2 is 1.82 bits per heavy atom. The van der Waals surface area contributed by atoms with E-state index in [-0.39, 0.29) is 25.1 Å². The minimum atomic E-state index is -0.230. The summed E-state index contributed by atoms with van der Waals surface area (Å²) >= 11 is 0. The first-order chi connectivity index (χ1) is 18.0. The van der Waals surface area contributed by atoms with Gasteiger partial charge in [0.25, 0.3) is 0 Å². The predicted molar refractivity (Wildman–Crippen MR) is 147 cm³/mol. The lowest BCUT2D eigenvalue weighted by molar-refractivity contribution is -0.122. The first-order valence-electron chi connectivity index (χ1n) is 12.9. The monoisotopic (exact) mass is 512 g/mol. The molecule has 0 radical (unpaired) electrons. The number of nitrogens with two attached hydrogens (primary N) is 1. The van der Waals surface area contributed by atoms with E-state index in [1.807, 2.05) is 30.3 Å². The molecule has 4 aromatic rings. The topological polar surface area (TPSA) is 90.7 Å². The fourth-order valence-electron chi connectivity index (χ4n) is 5.93. The Balaban J connectivity index is 0.00000294. The van der Waals surface area contributed by atoms with Crippen LogP contribution in [0.15, 0.2) is 48.5 Å². The maximum absolute atomic E-state index is 13.3. The molecule has 7 nitrogen and oxygen atoms in total. The predicted octanol–water partition coefficient (Wildman–Crippen LogP) is 4.44. The molecule has 0 spiro atoms. The number of piperidine rings is 1. The van der Waals surface area contributed by atoms with E-state index >= 15 is 0 Å². The quantitative estimate of drug-likeness (QED) is 0.427. The van der Waals surface area contributed by atoms with Crippen LogP contribution in [0.5, 0.6) is 0 Å². The number of anilines is 1. The number of aromatic nitrogens is 2. The maximum atomic E-state index is 13.3. The third-order valence-corrected chi connectivity index (χ3v) is 7.93. The Morgan fingerprint density at radius 1 is 1.08 bits per heavy atom. The number of benzene rings is 2. The fraction of sp³-hybridized carbons (Fsp3) is 0.367. The van der Waals surface area contributed by atoms with Crippen LogP contribution in [-0.2, 0) is 24.2 Å². The molecule has 2 aromatic heterocycles. The van der Waals surface area contributed by atoms with Crippen molar-refractivity contribution in [1.29, 1.82) is 5.26 Å². The van der Waals surface area contributed by atoms with Crippen molar-refractivity contribution in [3.8, 4) is 6.07 Å². The third kappa shape index (κ3) is 4.48. The normalized spacial score (nSPS) is 16.3. The standard InChI is InChI=1S/C29H29FN6O.CH4/c30-21-7-5-19(6-8-21)9-13-34-14-12-22-23(17-31)28-33-25-3-1-2-4-26(25)36(28)29(24(22)18-34)35-15-10-20(11-16-35)27(32)37;/h1-8,20H,9-16,18H2,(H2,32,37);1H4. The molecular formula is C30H33FN6O. The molecule has 0 aliphatic carbocycles. The lowest BCUT2D eigenvalue weighted by Gasteiger charge is -2.38. The van der Waals surface area contributed by atoms with Gasteiger partial charge in [0.1, 0.15) is 17.7 Å². The van der Waals surface area contributed by atoms with Gasteiger partial charge in [-0.25, -0.2) is 9.37 Å². The number of hydrogen-bond acceptors (Lipinski definition) is 5. The Bertz CT molecular complexity index is 1530. The number of nitriles is 1. The van der Waals surface area contributed by atoms with E-state index in [0.29, 0.717) is 24.1 Å². The lowest BCUT2D eigenvalue weighted by atomic mass is 9.92. The number of amides is 1. The van der Waals surface area contributed by atoms with Gasteiger partial charge in [-0.15, -0.1) is 0 Å². The number of primary amides is 1. The highest BCUT2D eigenvalue weighted by atomic mass is 19.1. The number of carbonyl (C=O) groups excluding carboxylic acids is 1. The first-order valence-corrected chi connectivity index (χ1v) is 12.9. The number of halogens is 1. The number of carbonyl (C=O) groups is 1. The molecule has 1 fully saturated rings. The summed E-state index contributed by atoms with van der Waals surface area (Å²) in [6, 6.07) is 17.2. The number of nitrogens with zero attached hydrogens (tertiary/aromatic N) is 5. The highest BCUT2D eigenvalue weighted by Crippen LogP contribution is 2.38. The molecule has 0 bridgehead atoms. The third-order valence-electron chi connectivity index (χ3n) is 7.93. The van der Waals surface area contributed by atoms with Crippen molar-refractivity contribution >= 4 is 28.4 Å². The largest absolute Gasteiger partial charge is 0.369 e. The molecule has 2 aliphatic rings. The van der Waals surface area contributed by atoms with Crippen molar-refractivity contribution in [2.75, 3.05) is 31.1 Å². The molecule has 2 aliphatic heterocycles. The second-order valence-electron chi connectivity index (χ2n) is 10.1. The van der Waals surface area contributed by atoms with Crippen molar-refractivity contribution in [2.45, 2.75) is 39.7 Å². The van der Waals surface area contributed by atoms with E-state index in [0.717, 1.165) is 79.1 Å². The number of imidazole rings is 1. The van der Waals surface area contributed by atoms with Gasteiger partial charge in [0.2, 0.25) is 5.91 Å². The molecule has 1 saturated heterocycles. The highest BCUT2D eigenvalue weighted by molar-refractivity contribution is 5.86. The van der Waals surface area contributed by atoms with Crippen molar-refractivity contribution in [3.05, 3.63) is 76.6 Å². The number of para-hydroxylation sites is 2. The summed E-state index contributed by atoms with van der Waals surface area (Å²) in [6.45, 7) is 3.87. The molecule has 196 valence electrons. The summed E-state index contributed by atoms with van der Waals surface area (Å²) < 4.78 is 15.5. The van der Waals surface area contributed by atoms with E-state index in [1.54, 1.807) is 0 Å². The van der Waals surface area contributed by atoms with Crippen LogP contribution < -0.4 is 10.6 Å². The number of rotatable bonds is 5. The minimum Gasteiger partial charge on any atom is -0.369 e. The molecule has 2 aromatic carbocycles. The van der Waals surface area contributed by atoms with Crippen LogP contribution in [0.4, 0.5) is 10.2 Å². The molecule has 1 amide bonds. The Labute approximate surface area is 222 Å². The maximum Gasteiger partial charge on any atom is 0.220 e. The molecule has 4 heterocycles. The minimum absolute atomic E-state index is 0. The van der Waals surface area contributed by atoms with Crippen LogP contribution in [-0.4, -0.2) is 46.4 Å². The van der Waals surface area contributed by atoms with Gasteiger partial charge < -0.3 is 10.6 Å². The summed E-state index contributed by atoms with van der Waals surface area (Å²) in [6.07, 6.45) is 3.03. The van der Waals surface area contributed by atoms with Gasteiger partial charge in [0.15, 0.2) is 5.65 Å². The number of pyridine rings is 1. The van der Waals surface area contributed by atoms with Gasteiger partial charge in [0.05, 0.1) is 16.6 Å². The van der Waals surface area contributed by atoms with Crippen LogP contribution in [0.2, 0.25) is 0 Å². The van der Waals surface area contributed by atoms with E-state index in [9.17, 15) is 14.4 Å². The molecule has 8 heteroatoms. The highest BCUT2D eigenvalue weighted by Gasteiger charge is 2.32. The zero-order valence-electron chi connectivity index (χ0n) is 20.7. The molecule has 0 saturated carbocycles. The SMILES string of the molecule is C.N#Cc1c2c(c(N3CCC(C(N)=O)CC3)n3c1nc1ccccc13)CN(CCc1ccc(F)cc1)CC2. The van der Waals surface area contributed by atoms with E-state index in [1.165, 1.54) is 12.1 Å². The van der Waals surface area contributed by atoms with Crippen LogP contribution in [0.3, 0.4) is 0 Å². The van der Waals surface area contributed by atoms with Crippen LogP contribution >= 0.6 is 0 Å². The van der Waals surface area contributed by atoms with Gasteiger partial charge in [0, 0.05) is 44.2 Å². The van der Waals surface area contributed by atoms with Gasteiger partial charge in [-0.2, -0.15) is 5.26 Å². The van der Waals surface area contributed by atoms with Gasteiger partial charge in [-0.1, -0.05) is 31.7 Å². The zero-order valence-corrected chi connectivity index (χ0v) is 20.7. The molecule has 6 rings (SSSR count). The van der Waals surface area contributed by atoms with Crippen molar-refractivity contribution in [1.82, 2.24) is 14.3 Å². The Kier molecular flexibility index (Phi) is 7.04. The molecule has 2 N–H and O–H groups in total. The summed E-state index contributed by atoms with van der Waals surface area (Å²) in [7, 11) is 0. The lowest BCUT2D eigenvalue weighted by Crippen LogP contribution is -2.41. The summed E-state index contributed by atoms with van der Waals surface area (Å²) in [4.78, 5) is 21.5. The molecule has 0 unspecified atom stereocenters. The fourth-order valence-corrected chi connectivity index (χ4v) is 5.93. The van der Waals surface area contributed by atoms with Crippen LogP contribution in [0.25, 0.3) is 16.7 Å². The van der Waals surface area contributed by atoms with Gasteiger partial charge in [-0.3, -0.25) is 14.1 Å². The summed E-state index contributed by atoms with van der Waals surface area (Å²) in [5.74, 6) is 0.521. The van der Waals surface area contributed by atoms with Crippen LogP contribution in [0.1, 0.15) is 42.5 Å². The Morgan fingerprint density at radius 3 is 2.53 bits per heavy atom. The van der Waals surface area contributed by atoms with Crippen molar-refractivity contribution in [2.24, 2.45) is 11.7 Å². The van der Waals surface area contributed by atoms with Crippen molar-refractivity contribution < 1.29 is 9.18 Å². The van der Waals surface area contributed by atoms with Gasteiger partial charge >= 0.3 is 0 Å². The number of hydrogen-bond donors (Lipinski definition) is 1. The average molecular weight is 513 g/mol. The van der Waals surface area contributed by atoms with E-state index in [4.69, 9.17) is 10.7 Å². The smallest absolute Gasteiger partial charge is 0.220 e. The van der Waals surface area contributed by atoms with Gasteiger partial charge in [-0.05, 0) is 61.1 Å². The average Bonchev–Trinajstić information content (AvgIpc) is 3.30. The molecule has 0 atom stereocenters. The van der Waals surface area contributed by atoms with E-state index < -0.39 is 0 Å². The first kappa shape index (κ1) is 25.7. The Hall–Kier alpha value is -3.96. The summed E-state index contributed by atoms with van der Waals surface area (Å²) in [5.41, 5.74) is 12.2. The second kappa shape index (κ2) is 10.4. The molecular weight excluding hydrogens is 479 g/mol. The summed E-state index contributed by atoms with van der Waals surface area (Å²) in [5, 5.41) is 10.2. The van der Waals surface area contributed by atoms with Crippen LogP contribution in [0, 0.1) is 23.1 Å². The number of fused-ring (bicyclic) bond motifs is 4.